The summed E-state index contributed by atoms with van der Waals surface area (Å²) in [5, 5.41) is 2.81. The van der Waals surface area contributed by atoms with Gasteiger partial charge in [0.05, 0.1) is 4.90 Å². The van der Waals surface area contributed by atoms with Crippen LogP contribution in [0.4, 0.5) is 14.5 Å². The van der Waals surface area contributed by atoms with Crippen molar-refractivity contribution >= 4 is 27.5 Å². The van der Waals surface area contributed by atoms with E-state index in [-0.39, 0.29) is 34.7 Å². The molecular formula is C28H31F2N3O5S. The van der Waals surface area contributed by atoms with E-state index in [1.807, 2.05) is 13.8 Å². The highest BCUT2D eigenvalue weighted by atomic mass is 32.2. The van der Waals surface area contributed by atoms with E-state index in [4.69, 9.17) is 4.74 Å². The fourth-order valence-electron chi connectivity index (χ4n) is 3.50. The largest absolute Gasteiger partial charge is 0.484 e. The Morgan fingerprint density at radius 2 is 1.44 bits per heavy atom. The molecule has 2 amide bonds. The number of hydrogen-bond acceptors (Lipinski definition) is 5. The molecular weight excluding hydrogens is 528 g/mol. The molecule has 0 radical (unpaired) electrons. The molecule has 0 aromatic heterocycles. The number of carbonyl (C=O) groups is 2. The van der Waals surface area contributed by atoms with Crippen molar-refractivity contribution in [1.29, 1.82) is 0 Å². The van der Waals surface area contributed by atoms with Crippen molar-refractivity contribution in [3.8, 4) is 5.75 Å². The summed E-state index contributed by atoms with van der Waals surface area (Å²) in [6, 6.07) is 15.1. The molecule has 3 aromatic rings. The van der Waals surface area contributed by atoms with Gasteiger partial charge >= 0.3 is 0 Å². The molecule has 0 fully saturated rings. The lowest BCUT2D eigenvalue weighted by Crippen LogP contribution is -2.49. The van der Waals surface area contributed by atoms with Crippen LogP contribution in [0, 0.1) is 17.6 Å². The first-order valence-electron chi connectivity index (χ1n) is 12.3. The monoisotopic (exact) mass is 559 g/mol. The second kappa shape index (κ2) is 13.2. The van der Waals surface area contributed by atoms with Crippen molar-refractivity contribution in [1.82, 2.24) is 10.2 Å². The van der Waals surface area contributed by atoms with Crippen LogP contribution < -0.4 is 14.8 Å². The molecule has 0 saturated heterocycles. The topological polar surface area (TPSA) is 105 Å². The van der Waals surface area contributed by atoms with Crippen molar-refractivity contribution in [2.24, 2.45) is 5.92 Å². The smallest absolute Gasteiger partial charge is 0.261 e. The van der Waals surface area contributed by atoms with Crippen molar-refractivity contribution in [2.75, 3.05) is 17.9 Å². The predicted molar refractivity (Wildman–Crippen MR) is 143 cm³/mol. The zero-order valence-electron chi connectivity index (χ0n) is 21.9. The number of halogens is 2. The minimum Gasteiger partial charge on any atom is -0.484 e. The second-order valence-corrected chi connectivity index (χ2v) is 11.0. The summed E-state index contributed by atoms with van der Waals surface area (Å²) in [4.78, 5) is 27.1. The van der Waals surface area contributed by atoms with Gasteiger partial charge in [-0.15, -0.1) is 0 Å². The highest BCUT2D eigenvalue weighted by molar-refractivity contribution is 7.92. The minimum absolute atomic E-state index is 0.0566. The Balaban J connectivity index is 1.68. The SMILES string of the molecule is CC(C)CNC(=O)C(C)N(Cc1ccc(F)cc1)C(=O)COc1ccc(S(=O)(=O)Nc2ccc(F)cc2)cc1. The molecule has 8 nitrogen and oxygen atoms in total. The van der Waals surface area contributed by atoms with Gasteiger partial charge in [-0.3, -0.25) is 14.3 Å². The molecule has 0 aliphatic carbocycles. The number of benzene rings is 3. The maximum absolute atomic E-state index is 13.4. The van der Waals surface area contributed by atoms with E-state index >= 15 is 0 Å². The lowest BCUT2D eigenvalue weighted by molar-refractivity contribution is -0.142. The van der Waals surface area contributed by atoms with E-state index in [2.05, 4.69) is 10.0 Å². The molecule has 208 valence electrons. The lowest BCUT2D eigenvalue weighted by Gasteiger charge is -2.29. The molecule has 0 bridgehead atoms. The molecule has 0 spiro atoms. The number of sulfonamides is 1. The van der Waals surface area contributed by atoms with E-state index in [0.29, 0.717) is 12.1 Å². The number of ether oxygens (including phenoxy) is 1. The van der Waals surface area contributed by atoms with Crippen LogP contribution in [-0.2, 0) is 26.2 Å². The van der Waals surface area contributed by atoms with Gasteiger partial charge in [0.15, 0.2) is 6.61 Å². The molecule has 0 saturated carbocycles. The van der Waals surface area contributed by atoms with E-state index < -0.39 is 40.2 Å². The van der Waals surface area contributed by atoms with Gasteiger partial charge in [-0.05, 0) is 79.1 Å². The lowest BCUT2D eigenvalue weighted by atomic mass is 10.1. The summed E-state index contributed by atoms with van der Waals surface area (Å²) >= 11 is 0. The predicted octanol–water partition coefficient (Wildman–Crippen LogP) is 4.33. The maximum Gasteiger partial charge on any atom is 0.261 e. The van der Waals surface area contributed by atoms with Crippen molar-refractivity contribution in [3.05, 3.63) is 90.0 Å². The summed E-state index contributed by atoms with van der Waals surface area (Å²) < 4.78 is 59.6. The van der Waals surface area contributed by atoms with E-state index in [0.717, 1.165) is 12.1 Å². The summed E-state index contributed by atoms with van der Waals surface area (Å²) in [6.07, 6.45) is 0. The zero-order chi connectivity index (χ0) is 28.6. The van der Waals surface area contributed by atoms with Crippen LogP contribution in [-0.4, -0.2) is 44.3 Å². The molecule has 3 aromatic carbocycles. The first-order valence-corrected chi connectivity index (χ1v) is 13.8. The summed E-state index contributed by atoms with van der Waals surface area (Å²) in [7, 11) is -3.93. The van der Waals surface area contributed by atoms with Crippen LogP contribution >= 0.6 is 0 Å². The van der Waals surface area contributed by atoms with Gasteiger partial charge in [-0.1, -0.05) is 26.0 Å². The number of rotatable bonds is 12. The summed E-state index contributed by atoms with van der Waals surface area (Å²) in [6.45, 7) is 5.60. The van der Waals surface area contributed by atoms with Crippen LogP contribution in [0.15, 0.2) is 77.7 Å². The highest BCUT2D eigenvalue weighted by Gasteiger charge is 2.26. The van der Waals surface area contributed by atoms with Gasteiger partial charge in [0.2, 0.25) is 5.91 Å². The molecule has 11 heteroatoms. The van der Waals surface area contributed by atoms with Gasteiger partial charge in [0.25, 0.3) is 15.9 Å². The van der Waals surface area contributed by atoms with Gasteiger partial charge in [0, 0.05) is 18.8 Å². The number of amides is 2. The van der Waals surface area contributed by atoms with Crippen molar-refractivity contribution < 1.29 is 31.5 Å². The van der Waals surface area contributed by atoms with Crippen LogP contribution in [0.5, 0.6) is 5.75 Å². The third-order valence-corrected chi connectivity index (χ3v) is 7.11. The Hall–Kier alpha value is -3.99. The Kier molecular flexibility index (Phi) is 10.00. The van der Waals surface area contributed by atoms with Crippen LogP contribution in [0.2, 0.25) is 0 Å². The molecule has 39 heavy (non-hydrogen) atoms. The number of nitrogens with zero attached hydrogens (tertiary/aromatic N) is 1. The first kappa shape index (κ1) is 29.6. The number of nitrogens with one attached hydrogen (secondary N) is 2. The molecule has 0 heterocycles. The Morgan fingerprint density at radius 1 is 0.872 bits per heavy atom. The maximum atomic E-state index is 13.4. The van der Waals surface area contributed by atoms with Gasteiger partial charge < -0.3 is 15.0 Å². The van der Waals surface area contributed by atoms with Crippen LogP contribution in [0.3, 0.4) is 0 Å². The third kappa shape index (κ3) is 8.78. The normalized spacial score (nSPS) is 12.1. The van der Waals surface area contributed by atoms with Crippen LogP contribution in [0.1, 0.15) is 26.3 Å². The number of anilines is 1. The first-order chi connectivity index (χ1) is 18.4. The van der Waals surface area contributed by atoms with E-state index in [9.17, 15) is 26.8 Å². The fraction of sp³-hybridized carbons (Fsp3) is 0.286. The Morgan fingerprint density at radius 3 is 2.00 bits per heavy atom. The van der Waals surface area contributed by atoms with Crippen molar-refractivity contribution in [2.45, 2.75) is 38.3 Å². The highest BCUT2D eigenvalue weighted by Crippen LogP contribution is 2.20. The standard InChI is InChI=1S/C28H31F2N3O5S/c1-19(2)16-31-28(35)20(3)33(17-21-4-6-22(29)7-5-21)27(34)18-38-25-12-14-26(15-13-25)39(36,37)32-24-10-8-23(30)9-11-24/h4-15,19-20,32H,16-18H2,1-3H3,(H,31,35). The zero-order valence-corrected chi connectivity index (χ0v) is 22.7. The Labute approximate surface area is 227 Å². The summed E-state index contributed by atoms with van der Waals surface area (Å²) in [5.41, 5.74) is 0.839. The van der Waals surface area contributed by atoms with E-state index in [1.165, 1.54) is 65.6 Å². The quantitative estimate of drug-likeness (QED) is 0.344. The number of carbonyl (C=O) groups excluding carboxylic acids is 2. The minimum atomic E-state index is -3.93. The average molecular weight is 560 g/mol. The van der Waals surface area contributed by atoms with Crippen molar-refractivity contribution in [3.63, 3.8) is 0 Å². The fourth-order valence-corrected chi connectivity index (χ4v) is 4.56. The molecule has 2 N–H and O–H groups in total. The third-order valence-electron chi connectivity index (χ3n) is 5.71. The molecule has 3 rings (SSSR count). The average Bonchev–Trinajstić information content (AvgIpc) is 2.91. The molecule has 0 aliphatic heterocycles. The van der Waals surface area contributed by atoms with E-state index in [1.54, 1.807) is 6.92 Å². The van der Waals surface area contributed by atoms with Gasteiger partial charge in [-0.25, -0.2) is 17.2 Å². The molecule has 1 atom stereocenters. The molecule has 0 aliphatic rings. The van der Waals surface area contributed by atoms with Gasteiger partial charge in [0.1, 0.15) is 23.4 Å². The molecule has 1 unspecified atom stereocenters. The second-order valence-electron chi connectivity index (χ2n) is 9.34. The van der Waals surface area contributed by atoms with Gasteiger partial charge in [-0.2, -0.15) is 0 Å². The summed E-state index contributed by atoms with van der Waals surface area (Å²) in [5.74, 6) is -1.26. The van der Waals surface area contributed by atoms with Crippen LogP contribution in [0.25, 0.3) is 0 Å². The Bertz CT molecular complexity index is 1360. The number of hydrogen-bond donors (Lipinski definition) is 2.